The maximum atomic E-state index is 11.0. The Labute approximate surface area is 112 Å². The molecule has 3 N–H and O–H groups in total. The topological polar surface area (TPSA) is 78.8 Å². The van der Waals surface area contributed by atoms with Gasteiger partial charge in [0.25, 0.3) is 0 Å². The van der Waals surface area contributed by atoms with Crippen LogP contribution in [0.3, 0.4) is 0 Å². The minimum atomic E-state index is -0.993. The summed E-state index contributed by atoms with van der Waals surface area (Å²) in [4.78, 5) is 11.0. The Kier molecular flexibility index (Phi) is 4.39. The molecule has 5 nitrogen and oxygen atoms in total. The maximum Gasteiger partial charge on any atom is 0.339 e. The first-order valence-corrected chi connectivity index (χ1v) is 6.49. The van der Waals surface area contributed by atoms with E-state index in [-0.39, 0.29) is 5.56 Å². The molecule has 104 valence electrons. The van der Waals surface area contributed by atoms with Crippen molar-refractivity contribution in [1.29, 1.82) is 0 Å². The number of para-hydroxylation sites is 1. The van der Waals surface area contributed by atoms with Crippen molar-refractivity contribution in [2.24, 2.45) is 0 Å². The van der Waals surface area contributed by atoms with E-state index in [2.05, 4.69) is 5.32 Å². The maximum absolute atomic E-state index is 11.0. The number of carboxylic acid groups (broad SMARTS) is 1. The first-order chi connectivity index (χ1) is 9.11. The first-order valence-electron chi connectivity index (χ1n) is 6.49. The van der Waals surface area contributed by atoms with Crippen LogP contribution in [-0.2, 0) is 0 Å². The highest BCUT2D eigenvalue weighted by atomic mass is 16.5. The molecule has 0 atom stereocenters. The van der Waals surface area contributed by atoms with Crippen LogP contribution in [0.1, 0.15) is 29.6 Å². The number of hydrogen-bond acceptors (Lipinski definition) is 4. The van der Waals surface area contributed by atoms with Crippen molar-refractivity contribution < 1.29 is 19.7 Å². The van der Waals surface area contributed by atoms with Gasteiger partial charge in [-0.3, -0.25) is 0 Å². The summed E-state index contributed by atoms with van der Waals surface area (Å²) in [7, 11) is 0. The highest BCUT2D eigenvalue weighted by molar-refractivity contribution is 5.90. The molecule has 0 aromatic heterocycles. The molecule has 0 heterocycles. The molecule has 5 heteroatoms. The third kappa shape index (κ3) is 3.68. The van der Waals surface area contributed by atoms with Gasteiger partial charge in [-0.25, -0.2) is 4.79 Å². The first kappa shape index (κ1) is 13.8. The lowest BCUT2D eigenvalue weighted by molar-refractivity contribution is -0.0314. The molecule has 1 aliphatic rings. The van der Waals surface area contributed by atoms with Crippen molar-refractivity contribution in [3.05, 3.63) is 29.8 Å². The number of carbonyl (C=O) groups is 1. The fraction of sp³-hybridized carbons (Fsp3) is 0.500. The van der Waals surface area contributed by atoms with Crippen LogP contribution in [-0.4, -0.2) is 41.5 Å². The Morgan fingerprint density at radius 1 is 1.37 bits per heavy atom. The van der Waals surface area contributed by atoms with Gasteiger partial charge >= 0.3 is 5.97 Å². The predicted molar refractivity (Wildman–Crippen MR) is 70.6 cm³/mol. The van der Waals surface area contributed by atoms with Gasteiger partial charge in [0.1, 0.15) is 17.9 Å². The number of carboxylic acids is 1. The van der Waals surface area contributed by atoms with E-state index in [1.165, 1.54) is 6.07 Å². The summed E-state index contributed by atoms with van der Waals surface area (Å²) >= 11 is 0. The van der Waals surface area contributed by atoms with Crippen molar-refractivity contribution in [2.45, 2.75) is 24.9 Å². The molecule has 0 radical (unpaired) electrons. The molecule has 0 amide bonds. The van der Waals surface area contributed by atoms with E-state index < -0.39 is 11.6 Å². The van der Waals surface area contributed by atoms with Crippen molar-refractivity contribution in [1.82, 2.24) is 5.32 Å². The number of benzene rings is 1. The van der Waals surface area contributed by atoms with E-state index in [0.717, 1.165) is 19.3 Å². The molecule has 2 rings (SSSR count). The van der Waals surface area contributed by atoms with Crippen LogP contribution in [0.25, 0.3) is 0 Å². The molecule has 0 aliphatic heterocycles. The number of nitrogens with one attached hydrogen (secondary N) is 1. The van der Waals surface area contributed by atoms with Crippen LogP contribution in [0.2, 0.25) is 0 Å². The summed E-state index contributed by atoms with van der Waals surface area (Å²) in [5.41, 5.74) is -0.376. The lowest BCUT2D eigenvalue weighted by Crippen LogP contribution is -2.46. The second-order valence-electron chi connectivity index (χ2n) is 4.90. The zero-order valence-electron chi connectivity index (χ0n) is 10.8. The number of rotatable bonds is 7. The fourth-order valence-corrected chi connectivity index (χ4v) is 2.09. The quantitative estimate of drug-likeness (QED) is 0.647. The van der Waals surface area contributed by atoms with Gasteiger partial charge in [-0.15, -0.1) is 0 Å². The molecule has 0 bridgehead atoms. The van der Waals surface area contributed by atoms with E-state index in [1.807, 2.05) is 0 Å². The molecule has 0 saturated heterocycles. The van der Waals surface area contributed by atoms with Crippen molar-refractivity contribution in [3.8, 4) is 5.75 Å². The minimum Gasteiger partial charge on any atom is -0.491 e. The van der Waals surface area contributed by atoms with Crippen LogP contribution in [0.4, 0.5) is 0 Å². The molecule has 0 spiro atoms. The lowest BCUT2D eigenvalue weighted by atomic mass is 9.80. The van der Waals surface area contributed by atoms with Crippen molar-refractivity contribution in [3.63, 3.8) is 0 Å². The second kappa shape index (κ2) is 6.04. The van der Waals surface area contributed by atoms with E-state index in [0.29, 0.717) is 25.4 Å². The van der Waals surface area contributed by atoms with Crippen LogP contribution < -0.4 is 10.1 Å². The molecule has 1 saturated carbocycles. The number of aromatic carboxylic acids is 1. The summed E-state index contributed by atoms with van der Waals surface area (Å²) in [5.74, 6) is -0.619. The normalized spacial score (nSPS) is 16.7. The predicted octanol–water partition coefficient (Wildman–Crippen LogP) is 1.27. The van der Waals surface area contributed by atoms with Gasteiger partial charge in [0, 0.05) is 13.1 Å². The molecule has 19 heavy (non-hydrogen) atoms. The summed E-state index contributed by atoms with van der Waals surface area (Å²) in [6, 6.07) is 6.57. The number of ether oxygens (including phenoxy) is 1. The average molecular weight is 265 g/mol. The van der Waals surface area contributed by atoms with E-state index in [1.54, 1.807) is 18.2 Å². The Balaban J connectivity index is 1.72. The zero-order chi connectivity index (χ0) is 13.7. The summed E-state index contributed by atoms with van der Waals surface area (Å²) in [6.45, 7) is 1.52. The van der Waals surface area contributed by atoms with Gasteiger partial charge in [-0.2, -0.15) is 0 Å². The standard InChI is InChI=1S/C14H19NO4/c16-13(17)11-4-1-2-5-12(11)19-9-8-15-10-14(18)6-3-7-14/h1-2,4-5,15,18H,3,6-10H2,(H,16,17). The van der Waals surface area contributed by atoms with Gasteiger partial charge in [0.05, 0.1) is 5.60 Å². The minimum absolute atomic E-state index is 0.167. The molecule has 1 aromatic carbocycles. The Morgan fingerprint density at radius 2 is 2.11 bits per heavy atom. The SMILES string of the molecule is O=C(O)c1ccccc1OCCNCC1(O)CCC1. The largest absolute Gasteiger partial charge is 0.491 e. The van der Waals surface area contributed by atoms with E-state index in [9.17, 15) is 9.90 Å². The van der Waals surface area contributed by atoms with Gasteiger partial charge in [0.2, 0.25) is 0 Å². The second-order valence-corrected chi connectivity index (χ2v) is 4.90. The third-order valence-electron chi connectivity index (χ3n) is 3.39. The van der Waals surface area contributed by atoms with Crippen molar-refractivity contribution >= 4 is 5.97 Å². The van der Waals surface area contributed by atoms with Gasteiger partial charge in [-0.1, -0.05) is 12.1 Å². The molecular weight excluding hydrogens is 246 g/mol. The average Bonchev–Trinajstić information content (AvgIpc) is 2.36. The molecule has 1 fully saturated rings. The summed E-state index contributed by atoms with van der Waals surface area (Å²) in [6.07, 6.45) is 2.78. The molecular formula is C14H19NO4. The number of aliphatic hydroxyl groups is 1. The lowest BCUT2D eigenvalue weighted by Gasteiger charge is -2.36. The van der Waals surface area contributed by atoms with Gasteiger partial charge < -0.3 is 20.3 Å². The summed E-state index contributed by atoms with van der Waals surface area (Å²) in [5, 5.41) is 22.0. The number of hydrogen-bond donors (Lipinski definition) is 3. The van der Waals surface area contributed by atoms with Gasteiger partial charge in [-0.05, 0) is 31.4 Å². The third-order valence-corrected chi connectivity index (χ3v) is 3.39. The Bertz CT molecular complexity index is 443. The van der Waals surface area contributed by atoms with Crippen LogP contribution in [0.5, 0.6) is 5.75 Å². The van der Waals surface area contributed by atoms with E-state index >= 15 is 0 Å². The highest BCUT2D eigenvalue weighted by Gasteiger charge is 2.33. The molecule has 1 aromatic rings. The fourth-order valence-electron chi connectivity index (χ4n) is 2.09. The van der Waals surface area contributed by atoms with Crippen LogP contribution in [0, 0.1) is 0 Å². The van der Waals surface area contributed by atoms with Gasteiger partial charge in [0.15, 0.2) is 0 Å². The van der Waals surface area contributed by atoms with E-state index in [4.69, 9.17) is 9.84 Å². The monoisotopic (exact) mass is 265 g/mol. The smallest absolute Gasteiger partial charge is 0.339 e. The molecule has 1 aliphatic carbocycles. The van der Waals surface area contributed by atoms with Crippen LogP contribution >= 0.6 is 0 Å². The zero-order valence-corrected chi connectivity index (χ0v) is 10.8. The van der Waals surface area contributed by atoms with Crippen molar-refractivity contribution in [2.75, 3.05) is 19.7 Å². The Hall–Kier alpha value is -1.59. The van der Waals surface area contributed by atoms with Crippen LogP contribution in [0.15, 0.2) is 24.3 Å². The highest BCUT2D eigenvalue weighted by Crippen LogP contribution is 2.30. The molecule has 0 unspecified atom stereocenters. The summed E-state index contributed by atoms with van der Waals surface area (Å²) < 4.78 is 5.44. The Morgan fingerprint density at radius 3 is 2.74 bits per heavy atom.